The van der Waals surface area contributed by atoms with E-state index in [-0.39, 0.29) is 0 Å². The number of hydrogen-bond acceptors (Lipinski definition) is 4. The van der Waals surface area contributed by atoms with Gasteiger partial charge in [0, 0.05) is 14.1 Å². The molecular weight excluding hydrogens is 116 g/mol. The molecule has 0 aliphatic heterocycles. The fraction of sp³-hybridized carbons (Fsp3) is 1.00. The summed E-state index contributed by atoms with van der Waals surface area (Å²) in [6, 6.07) is 0. The molecule has 0 aromatic heterocycles. The molecule has 0 amide bonds. The first-order valence-electron chi connectivity index (χ1n) is 3.07. The van der Waals surface area contributed by atoms with Crippen molar-refractivity contribution in [3.63, 3.8) is 0 Å². The zero-order chi connectivity index (χ0) is 7.28. The number of nitrogens with zero attached hydrogens (tertiary/aromatic N) is 1. The Morgan fingerprint density at radius 3 is 1.67 bits per heavy atom. The van der Waals surface area contributed by atoms with E-state index in [1.807, 2.05) is 33.2 Å². The summed E-state index contributed by atoms with van der Waals surface area (Å²) in [6.45, 7) is 2.05. The fourth-order valence-corrected chi connectivity index (χ4v) is 0.628. The van der Waals surface area contributed by atoms with Crippen molar-refractivity contribution < 1.29 is 0 Å². The van der Waals surface area contributed by atoms with E-state index in [2.05, 4.69) is 16.2 Å². The Bertz CT molecular complexity index is 62.0. The predicted molar refractivity (Wildman–Crippen MR) is 38.5 cm³/mol. The van der Waals surface area contributed by atoms with Gasteiger partial charge in [0.25, 0.3) is 0 Å². The summed E-state index contributed by atoms with van der Waals surface area (Å²) in [4.78, 5) is 0. The van der Waals surface area contributed by atoms with Crippen LogP contribution in [0.15, 0.2) is 0 Å². The number of hydrogen-bond donors (Lipinski definition) is 3. The van der Waals surface area contributed by atoms with Crippen molar-refractivity contribution in [2.24, 2.45) is 0 Å². The van der Waals surface area contributed by atoms with Crippen molar-refractivity contribution >= 4 is 0 Å². The SMILES string of the molecule is CNC(C)N(NC)NC. The third-order valence-electron chi connectivity index (χ3n) is 1.29. The van der Waals surface area contributed by atoms with E-state index >= 15 is 0 Å². The first kappa shape index (κ1) is 8.84. The maximum absolute atomic E-state index is 3.07. The lowest BCUT2D eigenvalue weighted by atomic mass is 10.6. The maximum atomic E-state index is 3.07. The Hall–Kier alpha value is -0.160. The van der Waals surface area contributed by atoms with Crippen LogP contribution < -0.4 is 16.2 Å². The Balaban J connectivity index is 3.50. The summed E-state index contributed by atoms with van der Waals surface area (Å²) in [5.41, 5.74) is 5.92. The van der Waals surface area contributed by atoms with Crippen molar-refractivity contribution in [3.05, 3.63) is 0 Å². The van der Waals surface area contributed by atoms with Crippen LogP contribution in [0.1, 0.15) is 6.92 Å². The lowest BCUT2D eigenvalue weighted by Crippen LogP contribution is -2.54. The van der Waals surface area contributed by atoms with Gasteiger partial charge in [-0.25, -0.2) is 10.9 Å². The monoisotopic (exact) mass is 132 g/mol. The van der Waals surface area contributed by atoms with Gasteiger partial charge in [-0.3, -0.25) is 0 Å². The van der Waals surface area contributed by atoms with Gasteiger partial charge in [-0.05, 0) is 14.0 Å². The van der Waals surface area contributed by atoms with Crippen LogP contribution in [-0.4, -0.2) is 32.4 Å². The molecule has 0 aromatic rings. The van der Waals surface area contributed by atoms with Gasteiger partial charge < -0.3 is 5.32 Å². The summed E-state index contributed by atoms with van der Waals surface area (Å²) in [7, 11) is 5.64. The standard InChI is InChI=1S/C5H16N4/c1-5(6-2)9(7-3)8-4/h5-8H,1-4H3. The van der Waals surface area contributed by atoms with Gasteiger partial charge in [-0.2, -0.15) is 5.12 Å². The molecule has 1 unspecified atom stereocenters. The molecule has 0 radical (unpaired) electrons. The molecule has 9 heavy (non-hydrogen) atoms. The molecule has 0 saturated heterocycles. The number of rotatable bonds is 4. The van der Waals surface area contributed by atoms with Gasteiger partial charge in [0.1, 0.15) is 0 Å². The average Bonchev–Trinajstić information content (AvgIpc) is 1.90. The van der Waals surface area contributed by atoms with Gasteiger partial charge in [0.05, 0.1) is 6.17 Å². The molecule has 0 fully saturated rings. The van der Waals surface area contributed by atoms with Crippen LogP contribution in [0.5, 0.6) is 0 Å². The van der Waals surface area contributed by atoms with Gasteiger partial charge >= 0.3 is 0 Å². The molecule has 0 spiro atoms. The van der Waals surface area contributed by atoms with Crippen LogP contribution in [0.25, 0.3) is 0 Å². The Morgan fingerprint density at radius 2 is 1.56 bits per heavy atom. The highest BCUT2D eigenvalue weighted by Crippen LogP contribution is 1.80. The molecule has 56 valence electrons. The van der Waals surface area contributed by atoms with Crippen molar-refractivity contribution in [2.45, 2.75) is 13.1 Å². The molecular formula is C5H16N4. The van der Waals surface area contributed by atoms with Crippen LogP contribution in [0, 0.1) is 0 Å². The minimum absolute atomic E-state index is 0.292. The third kappa shape index (κ3) is 2.76. The molecule has 0 heterocycles. The Labute approximate surface area is 56.5 Å². The molecule has 3 N–H and O–H groups in total. The second kappa shape index (κ2) is 4.69. The number of hydrazine groups is 2. The van der Waals surface area contributed by atoms with Crippen LogP contribution in [0.3, 0.4) is 0 Å². The quantitative estimate of drug-likeness (QED) is 0.343. The molecule has 0 rings (SSSR count). The molecule has 0 bridgehead atoms. The third-order valence-corrected chi connectivity index (χ3v) is 1.29. The topological polar surface area (TPSA) is 39.3 Å². The fourth-order valence-electron chi connectivity index (χ4n) is 0.628. The van der Waals surface area contributed by atoms with Gasteiger partial charge in [-0.15, -0.1) is 0 Å². The van der Waals surface area contributed by atoms with Crippen LogP contribution in [-0.2, 0) is 0 Å². The molecule has 1 atom stereocenters. The zero-order valence-corrected chi connectivity index (χ0v) is 6.52. The van der Waals surface area contributed by atoms with E-state index in [0.717, 1.165) is 0 Å². The van der Waals surface area contributed by atoms with E-state index in [0.29, 0.717) is 6.17 Å². The van der Waals surface area contributed by atoms with Crippen molar-refractivity contribution in [2.75, 3.05) is 21.1 Å². The average molecular weight is 132 g/mol. The molecule has 0 aliphatic carbocycles. The molecule has 0 aromatic carbocycles. The minimum Gasteiger partial charge on any atom is -0.303 e. The first-order valence-corrected chi connectivity index (χ1v) is 3.07. The Morgan fingerprint density at radius 1 is 1.11 bits per heavy atom. The highest BCUT2D eigenvalue weighted by Gasteiger charge is 2.04. The normalized spacial score (nSPS) is 14.3. The molecule has 0 aliphatic rings. The van der Waals surface area contributed by atoms with E-state index < -0.39 is 0 Å². The predicted octanol–water partition coefficient (Wildman–Crippen LogP) is -0.877. The molecule has 4 nitrogen and oxygen atoms in total. The summed E-state index contributed by atoms with van der Waals surface area (Å²) >= 11 is 0. The van der Waals surface area contributed by atoms with E-state index in [1.165, 1.54) is 0 Å². The summed E-state index contributed by atoms with van der Waals surface area (Å²) < 4.78 is 0. The summed E-state index contributed by atoms with van der Waals surface area (Å²) in [6.07, 6.45) is 0.292. The van der Waals surface area contributed by atoms with E-state index in [4.69, 9.17) is 0 Å². The second-order valence-electron chi connectivity index (χ2n) is 1.78. The van der Waals surface area contributed by atoms with Crippen LogP contribution in [0.2, 0.25) is 0 Å². The highest BCUT2D eigenvalue weighted by molar-refractivity contribution is 4.49. The zero-order valence-electron chi connectivity index (χ0n) is 6.52. The Kier molecular flexibility index (Phi) is 4.61. The largest absolute Gasteiger partial charge is 0.303 e. The molecule has 0 saturated carbocycles. The van der Waals surface area contributed by atoms with Crippen molar-refractivity contribution in [1.29, 1.82) is 0 Å². The first-order chi connectivity index (χ1) is 4.26. The van der Waals surface area contributed by atoms with Gasteiger partial charge in [-0.1, -0.05) is 0 Å². The van der Waals surface area contributed by atoms with E-state index in [1.54, 1.807) is 0 Å². The van der Waals surface area contributed by atoms with Crippen LogP contribution in [0.4, 0.5) is 0 Å². The van der Waals surface area contributed by atoms with Gasteiger partial charge in [0.2, 0.25) is 0 Å². The maximum Gasteiger partial charge on any atom is 0.0860 e. The second-order valence-corrected chi connectivity index (χ2v) is 1.78. The summed E-state index contributed by atoms with van der Waals surface area (Å²) in [5, 5.41) is 4.93. The number of nitrogens with one attached hydrogen (secondary N) is 3. The van der Waals surface area contributed by atoms with Crippen LogP contribution >= 0.6 is 0 Å². The lowest BCUT2D eigenvalue weighted by Gasteiger charge is -2.25. The highest BCUT2D eigenvalue weighted by atomic mass is 15.7. The van der Waals surface area contributed by atoms with Crippen molar-refractivity contribution in [1.82, 2.24) is 21.3 Å². The smallest absolute Gasteiger partial charge is 0.0860 e. The minimum atomic E-state index is 0.292. The van der Waals surface area contributed by atoms with Crippen molar-refractivity contribution in [3.8, 4) is 0 Å². The lowest BCUT2D eigenvalue weighted by molar-refractivity contribution is 0.0776. The van der Waals surface area contributed by atoms with E-state index in [9.17, 15) is 0 Å². The van der Waals surface area contributed by atoms with Gasteiger partial charge in [0.15, 0.2) is 0 Å². The molecule has 4 heteroatoms. The summed E-state index contributed by atoms with van der Waals surface area (Å²) in [5.74, 6) is 0.